The van der Waals surface area contributed by atoms with Crippen LogP contribution in [-0.4, -0.2) is 38.8 Å². The molecule has 6 nitrogen and oxygen atoms in total. The monoisotopic (exact) mass is 405 g/mol. The predicted molar refractivity (Wildman–Crippen MR) is 119 cm³/mol. The van der Waals surface area contributed by atoms with E-state index in [2.05, 4.69) is 56.8 Å². The van der Waals surface area contributed by atoms with Gasteiger partial charge in [-0.1, -0.05) is 19.6 Å². The molecule has 7 heteroatoms. The van der Waals surface area contributed by atoms with Crippen molar-refractivity contribution in [2.45, 2.75) is 39.3 Å². The Labute approximate surface area is 172 Å². The highest BCUT2D eigenvalue weighted by molar-refractivity contribution is 6.76. The summed E-state index contributed by atoms with van der Waals surface area (Å²) in [4.78, 5) is 13.4. The van der Waals surface area contributed by atoms with Gasteiger partial charge in [-0.3, -0.25) is 4.98 Å². The second-order valence-corrected chi connectivity index (χ2v) is 14.2. The molecule has 0 spiro atoms. The number of fused-ring (bicyclic) bond motifs is 1. The minimum Gasteiger partial charge on any atom is -0.361 e. The number of hydrogen-bond acceptors (Lipinski definition) is 4. The van der Waals surface area contributed by atoms with Crippen LogP contribution in [0.15, 0.2) is 55.5 Å². The predicted octanol–water partition coefficient (Wildman–Crippen LogP) is 4.90. The Hall–Kier alpha value is -2.77. The molecule has 4 aromatic heterocycles. The van der Waals surface area contributed by atoms with E-state index in [1.165, 1.54) is 5.56 Å². The first kappa shape index (κ1) is 19.5. The standard InChI is InChI=1S/C22H27N5OSi/c1-17-13-27(16-28-10-11-29(2,3)4)22-21(17)20(7-9-24-22)26-14-19(25-15-26)18-6-5-8-23-12-18/h5-9,12-15H,10-11,16H2,1-4H3. The van der Waals surface area contributed by atoms with E-state index in [1.807, 2.05) is 43.1 Å². The van der Waals surface area contributed by atoms with Gasteiger partial charge in [0, 0.05) is 56.6 Å². The topological polar surface area (TPSA) is 57.8 Å². The second kappa shape index (κ2) is 7.92. The minimum atomic E-state index is -1.09. The molecule has 0 saturated heterocycles. The number of imidazole rings is 1. The van der Waals surface area contributed by atoms with Gasteiger partial charge in [-0.2, -0.15) is 0 Å². The molecule has 0 atom stereocenters. The molecule has 150 valence electrons. The summed E-state index contributed by atoms with van der Waals surface area (Å²) in [6, 6.07) is 7.13. The third-order valence-electron chi connectivity index (χ3n) is 4.97. The largest absolute Gasteiger partial charge is 0.361 e. The molecule has 0 bridgehead atoms. The summed E-state index contributed by atoms with van der Waals surface area (Å²) in [5.74, 6) is 0. The van der Waals surface area contributed by atoms with Gasteiger partial charge in [-0.15, -0.1) is 0 Å². The van der Waals surface area contributed by atoms with E-state index in [4.69, 9.17) is 4.74 Å². The second-order valence-electron chi connectivity index (χ2n) is 8.57. The van der Waals surface area contributed by atoms with Crippen molar-refractivity contribution in [1.82, 2.24) is 24.1 Å². The van der Waals surface area contributed by atoms with Crippen molar-refractivity contribution in [2.24, 2.45) is 0 Å². The SMILES string of the molecule is Cc1cn(COCC[Si](C)(C)C)c2nccc(-n3cnc(-c4cccnc4)c3)c12. The summed E-state index contributed by atoms with van der Waals surface area (Å²) < 4.78 is 10.1. The van der Waals surface area contributed by atoms with Gasteiger partial charge in [0.15, 0.2) is 0 Å². The van der Waals surface area contributed by atoms with E-state index in [0.717, 1.165) is 40.6 Å². The first-order chi connectivity index (χ1) is 13.9. The van der Waals surface area contributed by atoms with E-state index in [9.17, 15) is 0 Å². The van der Waals surface area contributed by atoms with Crippen molar-refractivity contribution in [3.8, 4) is 16.9 Å². The van der Waals surface area contributed by atoms with Crippen LogP contribution in [0.4, 0.5) is 0 Å². The van der Waals surface area contributed by atoms with E-state index in [-0.39, 0.29) is 0 Å². The summed E-state index contributed by atoms with van der Waals surface area (Å²) in [5.41, 5.74) is 5.07. The molecular weight excluding hydrogens is 378 g/mol. The van der Waals surface area contributed by atoms with Crippen LogP contribution in [0.25, 0.3) is 28.0 Å². The lowest BCUT2D eigenvalue weighted by molar-refractivity contribution is 0.0898. The van der Waals surface area contributed by atoms with Gasteiger partial charge in [0.1, 0.15) is 12.4 Å². The molecule has 0 aliphatic carbocycles. The highest BCUT2D eigenvalue weighted by Gasteiger charge is 2.15. The van der Waals surface area contributed by atoms with Crippen LogP contribution < -0.4 is 0 Å². The fraction of sp³-hybridized carbons (Fsp3) is 0.318. The van der Waals surface area contributed by atoms with E-state index >= 15 is 0 Å². The van der Waals surface area contributed by atoms with Crippen LogP contribution in [0.1, 0.15) is 5.56 Å². The molecule has 0 aliphatic rings. The minimum absolute atomic E-state index is 0.524. The molecule has 0 unspecified atom stereocenters. The lowest BCUT2D eigenvalue weighted by Crippen LogP contribution is -2.22. The molecule has 4 aromatic rings. The van der Waals surface area contributed by atoms with Crippen LogP contribution in [-0.2, 0) is 11.5 Å². The molecule has 0 N–H and O–H groups in total. The number of aryl methyl sites for hydroxylation is 1. The van der Waals surface area contributed by atoms with Crippen LogP contribution in [0.3, 0.4) is 0 Å². The molecule has 29 heavy (non-hydrogen) atoms. The quantitative estimate of drug-likeness (QED) is 0.324. The van der Waals surface area contributed by atoms with E-state index in [1.54, 1.807) is 6.20 Å². The van der Waals surface area contributed by atoms with Crippen LogP contribution in [0.2, 0.25) is 25.7 Å². The number of rotatable bonds is 7. The zero-order valence-electron chi connectivity index (χ0n) is 17.5. The van der Waals surface area contributed by atoms with Gasteiger partial charge in [0.05, 0.1) is 17.7 Å². The van der Waals surface area contributed by atoms with Crippen molar-refractivity contribution in [3.05, 3.63) is 61.1 Å². The third-order valence-corrected chi connectivity index (χ3v) is 6.67. The summed E-state index contributed by atoms with van der Waals surface area (Å²) in [5, 5.41) is 1.12. The van der Waals surface area contributed by atoms with E-state index < -0.39 is 8.07 Å². The summed E-state index contributed by atoms with van der Waals surface area (Å²) in [6.07, 6.45) is 11.4. The normalized spacial score (nSPS) is 12.0. The van der Waals surface area contributed by atoms with Gasteiger partial charge in [0.2, 0.25) is 0 Å². The zero-order chi connectivity index (χ0) is 20.4. The van der Waals surface area contributed by atoms with Gasteiger partial charge in [-0.25, -0.2) is 9.97 Å². The average molecular weight is 406 g/mol. The summed E-state index contributed by atoms with van der Waals surface area (Å²) in [6.45, 7) is 10.5. The molecule has 0 radical (unpaired) electrons. The number of aromatic nitrogens is 5. The molecule has 0 fully saturated rings. The Bertz CT molecular complexity index is 1110. The van der Waals surface area contributed by atoms with Crippen LogP contribution in [0, 0.1) is 6.92 Å². The lowest BCUT2D eigenvalue weighted by Gasteiger charge is -2.15. The molecular formula is C22H27N5OSi. The van der Waals surface area contributed by atoms with Gasteiger partial charge < -0.3 is 13.9 Å². The maximum Gasteiger partial charge on any atom is 0.144 e. The van der Waals surface area contributed by atoms with Crippen molar-refractivity contribution in [1.29, 1.82) is 0 Å². The Morgan fingerprint density at radius 3 is 2.69 bits per heavy atom. The average Bonchev–Trinajstić information content (AvgIpc) is 3.31. The lowest BCUT2D eigenvalue weighted by atomic mass is 10.2. The van der Waals surface area contributed by atoms with Crippen molar-refractivity contribution in [3.63, 3.8) is 0 Å². The summed E-state index contributed by atoms with van der Waals surface area (Å²) in [7, 11) is -1.09. The Kier molecular flexibility index (Phi) is 5.34. The van der Waals surface area contributed by atoms with Crippen LogP contribution in [0.5, 0.6) is 0 Å². The Morgan fingerprint density at radius 2 is 1.93 bits per heavy atom. The number of nitrogens with zero attached hydrogens (tertiary/aromatic N) is 5. The Balaban J connectivity index is 1.62. The molecule has 0 aliphatic heterocycles. The van der Waals surface area contributed by atoms with Crippen molar-refractivity contribution in [2.75, 3.05) is 6.61 Å². The molecule has 4 heterocycles. The number of pyridine rings is 2. The van der Waals surface area contributed by atoms with E-state index in [0.29, 0.717) is 6.73 Å². The number of hydrogen-bond donors (Lipinski definition) is 0. The smallest absolute Gasteiger partial charge is 0.144 e. The highest BCUT2D eigenvalue weighted by atomic mass is 28.3. The van der Waals surface area contributed by atoms with Crippen LogP contribution >= 0.6 is 0 Å². The van der Waals surface area contributed by atoms with Gasteiger partial charge >= 0.3 is 0 Å². The first-order valence-corrected chi connectivity index (χ1v) is 13.6. The molecule has 0 saturated carbocycles. The third kappa shape index (κ3) is 4.30. The highest BCUT2D eigenvalue weighted by Crippen LogP contribution is 2.27. The fourth-order valence-corrected chi connectivity index (χ4v) is 4.13. The van der Waals surface area contributed by atoms with Gasteiger partial charge in [-0.05, 0) is 36.7 Å². The fourth-order valence-electron chi connectivity index (χ4n) is 3.37. The van der Waals surface area contributed by atoms with Crippen molar-refractivity contribution >= 4 is 19.1 Å². The molecule has 0 aromatic carbocycles. The van der Waals surface area contributed by atoms with Gasteiger partial charge in [0.25, 0.3) is 0 Å². The zero-order valence-corrected chi connectivity index (χ0v) is 18.5. The maximum atomic E-state index is 5.96. The molecule has 4 rings (SSSR count). The molecule has 0 amide bonds. The summed E-state index contributed by atoms with van der Waals surface area (Å²) >= 11 is 0. The first-order valence-electron chi connectivity index (χ1n) is 9.89. The number of ether oxygens (including phenoxy) is 1. The Morgan fingerprint density at radius 1 is 1.07 bits per heavy atom. The van der Waals surface area contributed by atoms with Crippen molar-refractivity contribution < 1.29 is 4.74 Å². The maximum absolute atomic E-state index is 5.96.